The Hall–Kier alpha value is -0.590. The van der Waals surface area contributed by atoms with E-state index in [4.69, 9.17) is 15.4 Å². The molecule has 0 saturated carbocycles. The summed E-state index contributed by atoms with van der Waals surface area (Å²) in [7, 11) is 1.38. The number of ether oxygens (including phenoxy) is 1. The van der Waals surface area contributed by atoms with Crippen LogP contribution in [0.25, 0.3) is 0 Å². The summed E-state index contributed by atoms with van der Waals surface area (Å²) < 4.78 is 28.2. The van der Waals surface area contributed by atoms with Gasteiger partial charge >= 0.3 is 5.97 Å². The fourth-order valence-corrected chi connectivity index (χ4v) is 2.80. The van der Waals surface area contributed by atoms with E-state index in [9.17, 15) is 13.2 Å². The highest BCUT2D eigenvalue weighted by molar-refractivity contribution is 9.10. The maximum Gasteiger partial charge on any atom is 0.338 e. The van der Waals surface area contributed by atoms with Gasteiger partial charge in [-0.25, -0.2) is 13.2 Å². The zero-order chi connectivity index (χ0) is 15.6. The third-order valence-electron chi connectivity index (χ3n) is 2.47. The van der Waals surface area contributed by atoms with E-state index in [-0.39, 0.29) is 22.5 Å². The van der Waals surface area contributed by atoms with E-state index < -0.39 is 15.0 Å². The van der Waals surface area contributed by atoms with Crippen molar-refractivity contribution in [3.8, 4) is 0 Å². The van der Waals surface area contributed by atoms with Crippen LogP contribution in [0.15, 0.2) is 27.6 Å². The minimum atomic E-state index is -3.89. The average molecular weight is 384 g/mol. The molecule has 0 fully saturated rings. The molecular formula is C13H16BrClO4S. The molecule has 0 spiro atoms. The fourth-order valence-electron chi connectivity index (χ4n) is 1.35. The van der Waals surface area contributed by atoms with E-state index in [1.165, 1.54) is 18.2 Å². The molecule has 0 aliphatic carbocycles. The average Bonchev–Trinajstić information content (AvgIpc) is 2.25. The van der Waals surface area contributed by atoms with Crippen LogP contribution < -0.4 is 0 Å². The Morgan fingerprint density at radius 2 is 1.90 bits per heavy atom. The molecule has 0 N–H and O–H groups in total. The van der Waals surface area contributed by atoms with E-state index in [1.54, 1.807) is 0 Å². The standard InChI is InChI=1S/C13H16BrClO4S/c1-13(2,3)4-5-19-12(16)9-6-10(14)8-11(7-9)20(15,17)18/h6-8H,4-5H2,1-3H3. The van der Waals surface area contributed by atoms with Crippen LogP contribution in [-0.2, 0) is 13.8 Å². The van der Waals surface area contributed by atoms with Gasteiger partial charge in [-0.15, -0.1) is 0 Å². The molecule has 4 nitrogen and oxygen atoms in total. The van der Waals surface area contributed by atoms with E-state index in [1.807, 2.05) is 20.8 Å². The fraction of sp³-hybridized carbons (Fsp3) is 0.462. The van der Waals surface area contributed by atoms with Crippen molar-refractivity contribution >= 4 is 41.6 Å². The van der Waals surface area contributed by atoms with Crippen molar-refractivity contribution in [1.82, 2.24) is 0 Å². The van der Waals surface area contributed by atoms with Gasteiger partial charge in [0.25, 0.3) is 9.05 Å². The van der Waals surface area contributed by atoms with E-state index >= 15 is 0 Å². The number of hydrogen-bond acceptors (Lipinski definition) is 4. The lowest BCUT2D eigenvalue weighted by atomic mass is 9.93. The first-order valence-electron chi connectivity index (χ1n) is 5.91. The number of carbonyl (C=O) groups excluding carboxylic acids is 1. The Bertz CT molecular complexity index is 605. The maximum absolute atomic E-state index is 11.9. The van der Waals surface area contributed by atoms with Gasteiger partial charge in [0, 0.05) is 15.2 Å². The Kier molecular flexibility index (Phi) is 5.63. The second-order valence-corrected chi connectivity index (χ2v) is 9.04. The molecule has 0 heterocycles. The third-order valence-corrected chi connectivity index (χ3v) is 4.26. The van der Waals surface area contributed by atoms with Crippen LogP contribution in [0.1, 0.15) is 37.6 Å². The van der Waals surface area contributed by atoms with Crippen molar-refractivity contribution in [2.45, 2.75) is 32.1 Å². The van der Waals surface area contributed by atoms with E-state index in [0.717, 1.165) is 0 Å². The quantitative estimate of drug-likeness (QED) is 0.583. The highest BCUT2D eigenvalue weighted by Gasteiger charge is 2.17. The lowest BCUT2D eigenvalue weighted by Gasteiger charge is -2.17. The summed E-state index contributed by atoms with van der Waals surface area (Å²) in [6.07, 6.45) is 0.716. The number of hydrogen-bond donors (Lipinski definition) is 0. The maximum atomic E-state index is 11.9. The van der Waals surface area contributed by atoms with Crippen LogP contribution in [0, 0.1) is 5.41 Å². The summed E-state index contributed by atoms with van der Waals surface area (Å²) >= 11 is 3.14. The minimum Gasteiger partial charge on any atom is -0.462 e. The van der Waals surface area contributed by atoms with Crippen molar-refractivity contribution in [3.05, 3.63) is 28.2 Å². The molecule has 0 radical (unpaired) electrons. The number of halogens is 2. The second kappa shape index (κ2) is 6.45. The summed E-state index contributed by atoms with van der Waals surface area (Å²) in [5.74, 6) is -0.572. The van der Waals surface area contributed by atoms with Gasteiger partial charge in [-0.05, 0) is 30.0 Å². The Morgan fingerprint density at radius 1 is 1.30 bits per heavy atom. The van der Waals surface area contributed by atoms with Gasteiger partial charge in [-0.1, -0.05) is 36.7 Å². The van der Waals surface area contributed by atoms with Gasteiger partial charge in [0.1, 0.15) is 0 Å². The Balaban J connectivity index is 2.86. The molecule has 0 aliphatic heterocycles. The molecule has 0 aromatic heterocycles. The number of esters is 1. The molecule has 1 aromatic carbocycles. The van der Waals surface area contributed by atoms with Gasteiger partial charge in [0.15, 0.2) is 0 Å². The van der Waals surface area contributed by atoms with Crippen molar-refractivity contribution in [2.24, 2.45) is 5.41 Å². The largest absolute Gasteiger partial charge is 0.462 e. The van der Waals surface area contributed by atoms with Crippen LogP contribution in [-0.4, -0.2) is 21.0 Å². The molecule has 0 atom stereocenters. The monoisotopic (exact) mass is 382 g/mol. The smallest absolute Gasteiger partial charge is 0.338 e. The normalized spacial score (nSPS) is 12.2. The summed E-state index contributed by atoms with van der Waals surface area (Å²) in [5, 5.41) is 0. The topological polar surface area (TPSA) is 60.4 Å². The van der Waals surface area contributed by atoms with Crippen LogP contribution in [0.4, 0.5) is 0 Å². The van der Waals surface area contributed by atoms with Gasteiger partial charge in [0.2, 0.25) is 0 Å². The van der Waals surface area contributed by atoms with Crippen molar-refractivity contribution in [3.63, 3.8) is 0 Å². The molecule has 0 bridgehead atoms. The molecule has 1 rings (SSSR count). The molecule has 0 aliphatic rings. The molecule has 20 heavy (non-hydrogen) atoms. The van der Waals surface area contributed by atoms with E-state index in [0.29, 0.717) is 10.9 Å². The number of rotatable bonds is 4. The molecule has 7 heteroatoms. The predicted molar refractivity (Wildman–Crippen MR) is 81.5 cm³/mol. The van der Waals surface area contributed by atoms with Gasteiger partial charge in [0.05, 0.1) is 17.1 Å². The summed E-state index contributed by atoms with van der Waals surface area (Å²) in [6.45, 7) is 6.39. The zero-order valence-corrected chi connectivity index (χ0v) is 14.6. The highest BCUT2D eigenvalue weighted by atomic mass is 79.9. The van der Waals surface area contributed by atoms with Crippen molar-refractivity contribution in [1.29, 1.82) is 0 Å². The molecule has 112 valence electrons. The molecule has 1 aromatic rings. The predicted octanol–water partition coefficient (Wildman–Crippen LogP) is 3.97. The van der Waals surface area contributed by atoms with Crippen LogP contribution in [0.5, 0.6) is 0 Å². The van der Waals surface area contributed by atoms with E-state index in [2.05, 4.69) is 15.9 Å². The highest BCUT2D eigenvalue weighted by Crippen LogP contribution is 2.23. The zero-order valence-electron chi connectivity index (χ0n) is 11.4. The third kappa shape index (κ3) is 5.81. The number of benzene rings is 1. The number of carbonyl (C=O) groups is 1. The minimum absolute atomic E-state index is 0.0577. The lowest BCUT2D eigenvalue weighted by Crippen LogP contribution is -2.13. The Labute approximate surface area is 132 Å². The van der Waals surface area contributed by atoms with Crippen molar-refractivity contribution in [2.75, 3.05) is 6.61 Å². The SMILES string of the molecule is CC(C)(C)CCOC(=O)c1cc(Br)cc(S(=O)(=O)Cl)c1. The first kappa shape index (κ1) is 17.5. The first-order valence-corrected chi connectivity index (χ1v) is 9.02. The first-order chi connectivity index (χ1) is 8.99. The summed E-state index contributed by atoms with van der Waals surface area (Å²) in [6, 6.07) is 4.02. The van der Waals surface area contributed by atoms with Crippen LogP contribution in [0.2, 0.25) is 0 Å². The molecule has 0 amide bonds. The van der Waals surface area contributed by atoms with Gasteiger partial charge in [-0.3, -0.25) is 0 Å². The molecule has 0 unspecified atom stereocenters. The molecular weight excluding hydrogens is 368 g/mol. The van der Waals surface area contributed by atoms with Crippen LogP contribution in [0.3, 0.4) is 0 Å². The second-order valence-electron chi connectivity index (χ2n) is 5.56. The lowest BCUT2D eigenvalue weighted by molar-refractivity contribution is 0.0464. The Morgan fingerprint density at radius 3 is 2.40 bits per heavy atom. The summed E-state index contributed by atoms with van der Waals surface area (Å²) in [5.41, 5.74) is 0.204. The van der Waals surface area contributed by atoms with Gasteiger partial charge in [-0.2, -0.15) is 0 Å². The molecule has 0 saturated heterocycles. The summed E-state index contributed by atoms with van der Waals surface area (Å²) in [4.78, 5) is 11.7. The van der Waals surface area contributed by atoms with Crippen LogP contribution >= 0.6 is 26.6 Å². The van der Waals surface area contributed by atoms with Gasteiger partial charge < -0.3 is 4.74 Å². The van der Waals surface area contributed by atoms with Crippen molar-refractivity contribution < 1.29 is 17.9 Å².